The molecule has 0 saturated heterocycles. The van der Waals surface area contributed by atoms with Gasteiger partial charge >= 0.3 is 0 Å². The van der Waals surface area contributed by atoms with Crippen molar-refractivity contribution in [1.29, 1.82) is 0 Å². The summed E-state index contributed by atoms with van der Waals surface area (Å²) in [6.45, 7) is 2.81. The molecule has 0 unspecified atom stereocenters. The fourth-order valence-corrected chi connectivity index (χ4v) is 2.46. The molecule has 0 saturated carbocycles. The van der Waals surface area contributed by atoms with Crippen LogP contribution in [0.5, 0.6) is 11.5 Å². The first-order chi connectivity index (χ1) is 11.1. The van der Waals surface area contributed by atoms with Crippen molar-refractivity contribution in [2.75, 3.05) is 13.8 Å². The zero-order valence-electron chi connectivity index (χ0n) is 13.3. The summed E-state index contributed by atoms with van der Waals surface area (Å²) in [5.41, 5.74) is 3.21. The number of ether oxygens (including phenoxy) is 2. The second-order valence-electron chi connectivity index (χ2n) is 5.63. The van der Waals surface area contributed by atoms with Crippen LogP contribution in [0.1, 0.15) is 16.7 Å². The third-order valence-corrected chi connectivity index (χ3v) is 3.69. The fourth-order valence-electron chi connectivity index (χ4n) is 2.46. The Hall–Kier alpha value is -2.75. The Morgan fingerprint density at radius 1 is 1.17 bits per heavy atom. The van der Waals surface area contributed by atoms with E-state index in [1.54, 1.807) is 18.0 Å². The highest BCUT2D eigenvalue weighted by atomic mass is 16.7. The van der Waals surface area contributed by atoms with Gasteiger partial charge in [0.2, 0.25) is 12.7 Å². The van der Waals surface area contributed by atoms with Crippen LogP contribution in [0.2, 0.25) is 0 Å². The summed E-state index contributed by atoms with van der Waals surface area (Å²) >= 11 is 0. The highest BCUT2D eigenvalue weighted by molar-refractivity contribution is 5.91. The Kier molecular flexibility index (Phi) is 4.33. The second-order valence-corrected chi connectivity index (χ2v) is 5.63. The van der Waals surface area contributed by atoms with Crippen LogP contribution in [0, 0.1) is 6.92 Å². The first-order valence-electron chi connectivity index (χ1n) is 7.50. The molecule has 0 aliphatic carbocycles. The van der Waals surface area contributed by atoms with Crippen molar-refractivity contribution in [1.82, 2.24) is 4.90 Å². The molecule has 1 amide bonds. The zero-order valence-corrected chi connectivity index (χ0v) is 13.3. The maximum absolute atomic E-state index is 12.2. The molecule has 1 aliphatic heterocycles. The first kappa shape index (κ1) is 15.2. The smallest absolute Gasteiger partial charge is 0.246 e. The minimum atomic E-state index is -0.0378. The molecule has 3 rings (SSSR count). The molecule has 0 radical (unpaired) electrons. The maximum Gasteiger partial charge on any atom is 0.246 e. The maximum atomic E-state index is 12.2. The van der Waals surface area contributed by atoms with E-state index in [0.29, 0.717) is 6.54 Å². The minimum Gasteiger partial charge on any atom is -0.454 e. The Labute approximate surface area is 135 Å². The number of carbonyl (C=O) groups excluding carboxylic acids is 1. The lowest BCUT2D eigenvalue weighted by molar-refractivity contribution is -0.125. The van der Waals surface area contributed by atoms with Gasteiger partial charge < -0.3 is 14.4 Å². The number of hydrogen-bond donors (Lipinski definition) is 0. The molecule has 4 heteroatoms. The summed E-state index contributed by atoms with van der Waals surface area (Å²) in [5.74, 6) is 1.45. The molecule has 118 valence electrons. The van der Waals surface area contributed by atoms with Crippen LogP contribution < -0.4 is 9.47 Å². The predicted octanol–water partition coefficient (Wildman–Crippen LogP) is 3.40. The van der Waals surface area contributed by atoms with Gasteiger partial charge in [0.25, 0.3) is 0 Å². The summed E-state index contributed by atoms with van der Waals surface area (Å²) in [6.07, 6.45) is 3.44. The van der Waals surface area contributed by atoms with Crippen LogP contribution in [0.25, 0.3) is 6.08 Å². The largest absolute Gasteiger partial charge is 0.454 e. The molecule has 0 aromatic heterocycles. The Balaban J connectivity index is 1.63. The SMILES string of the molecule is Cc1cccc(/C=C/C(=O)N(C)Cc2ccc3c(c2)OCO3)c1. The molecular formula is C19H19NO3. The number of rotatable bonds is 4. The number of carbonyl (C=O) groups is 1. The van der Waals surface area contributed by atoms with Gasteiger partial charge in [0.1, 0.15) is 0 Å². The number of amides is 1. The highest BCUT2D eigenvalue weighted by Crippen LogP contribution is 2.32. The van der Waals surface area contributed by atoms with Crippen LogP contribution in [0.3, 0.4) is 0 Å². The molecule has 4 nitrogen and oxygen atoms in total. The van der Waals surface area contributed by atoms with Gasteiger partial charge in [-0.05, 0) is 36.3 Å². The zero-order chi connectivity index (χ0) is 16.2. The van der Waals surface area contributed by atoms with Crippen molar-refractivity contribution < 1.29 is 14.3 Å². The molecule has 0 bridgehead atoms. The number of likely N-dealkylation sites (N-methyl/N-ethyl adjacent to an activating group) is 1. The van der Waals surface area contributed by atoms with Crippen LogP contribution in [-0.2, 0) is 11.3 Å². The Morgan fingerprint density at radius 2 is 2.00 bits per heavy atom. The summed E-state index contributed by atoms with van der Waals surface area (Å²) in [7, 11) is 1.79. The van der Waals surface area contributed by atoms with Crippen LogP contribution >= 0.6 is 0 Å². The van der Waals surface area contributed by atoms with Gasteiger partial charge in [-0.25, -0.2) is 0 Å². The second kappa shape index (κ2) is 6.57. The molecule has 2 aromatic rings. The summed E-state index contributed by atoms with van der Waals surface area (Å²) in [6, 6.07) is 13.8. The van der Waals surface area contributed by atoms with Gasteiger partial charge in [0, 0.05) is 19.7 Å². The topological polar surface area (TPSA) is 38.8 Å². The van der Waals surface area contributed by atoms with Gasteiger partial charge in [-0.15, -0.1) is 0 Å². The number of aryl methyl sites for hydroxylation is 1. The third-order valence-electron chi connectivity index (χ3n) is 3.69. The lowest BCUT2D eigenvalue weighted by Gasteiger charge is -2.15. The first-order valence-corrected chi connectivity index (χ1v) is 7.50. The third kappa shape index (κ3) is 3.72. The molecule has 0 fully saturated rings. The van der Waals surface area contributed by atoms with E-state index >= 15 is 0 Å². The van der Waals surface area contributed by atoms with E-state index < -0.39 is 0 Å². The van der Waals surface area contributed by atoms with E-state index in [9.17, 15) is 4.79 Å². The van der Waals surface area contributed by atoms with E-state index in [1.807, 2.05) is 55.5 Å². The fraction of sp³-hybridized carbons (Fsp3) is 0.211. The number of benzene rings is 2. The van der Waals surface area contributed by atoms with Gasteiger partial charge in [-0.2, -0.15) is 0 Å². The summed E-state index contributed by atoms with van der Waals surface area (Å²) in [5, 5.41) is 0. The van der Waals surface area contributed by atoms with Crippen molar-refractivity contribution in [3.8, 4) is 11.5 Å². The Morgan fingerprint density at radius 3 is 2.83 bits per heavy atom. The van der Waals surface area contributed by atoms with Crippen LogP contribution in [0.15, 0.2) is 48.5 Å². The normalized spacial score (nSPS) is 12.6. The molecule has 1 heterocycles. The van der Waals surface area contributed by atoms with Crippen molar-refractivity contribution in [3.63, 3.8) is 0 Å². The molecule has 1 aliphatic rings. The molecule has 2 aromatic carbocycles. The van der Waals surface area contributed by atoms with Crippen molar-refractivity contribution in [3.05, 3.63) is 65.2 Å². The summed E-state index contributed by atoms with van der Waals surface area (Å²) in [4.78, 5) is 13.9. The summed E-state index contributed by atoms with van der Waals surface area (Å²) < 4.78 is 10.6. The van der Waals surface area contributed by atoms with E-state index in [1.165, 1.54) is 5.56 Å². The number of hydrogen-bond acceptors (Lipinski definition) is 3. The van der Waals surface area contributed by atoms with Crippen molar-refractivity contribution in [2.24, 2.45) is 0 Å². The monoisotopic (exact) mass is 309 g/mol. The Bertz CT molecular complexity index is 752. The van der Waals surface area contributed by atoms with Crippen molar-refractivity contribution >= 4 is 12.0 Å². The average molecular weight is 309 g/mol. The van der Waals surface area contributed by atoms with E-state index in [2.05, 4.69) is 0 Å². The lowest BCUT2D eigenvalue weighted by Crippen LogP contribution is -2.24. The van der Waals surface area contributed by atoms with Crippen molar-refractivity contribution in [2.45, 2.75) is 13.5 Å². The standard InChI is InChI=1S/C19H19NO3/c1-14-4-3-5-15(10-14)7-9-19(21)20(2)12-16-6-8-17-18(11-16)23-13-22-17/h3-11H,12-13H2,1-2H3/b9-7+. The molecule has 0 atom stereocenters. The van der Waals surface area contributed by atoms with Gasteiger partial charge in [-0.1, -0.05) is 35.9 Å². The van der Waals surface area contributed by atoms with Gasteiger partial charge in [0.05, 0.1) is 0 Å². The van der Waals surface area contributed by atoms with Crippen LogP contribution in [0.4, 0.5) is 0 Å². The predicted molar refractivity (Wildman–Crippen MR) is 89.3 cm³/mol. The molecule has 0 spiro atoms. The molecular weight excluding hydrogens is 290 g/mol. The molecule has 23 heavy (non-hydrogen) atoms. The number of nitrogens with zero attached hydrogens (tertiary/aromatic N) is 1. The van der Waals surface area contributed by atoms with Gasteiger partial charge in [0.15, 0.2) is 11.5 Å². The van der Waals surface area contributed by atoms with E-state index in [4.69, 9.17) is 9.47 Å². The van der Waals surface area contributed by atoms with Crippen LogP contribution in [-0.4, -0.2) is 24.6 Å². The lowest BCUT2D eigenvalue weighted by atomic mass is 10.1. The number of fused-ring (bicyclic) bond motifs is 1. The minimum absolute atomic E-state index is 0.0378. The highest BCUT2D eigenvalue weighted by Gasteiger charge is 2.14. The van der Waals surface area contributed by atoms with Gasteiger partial charge in [-0.3, -0.25) is 4.79 Å². The quantitative estimate of drug-likeness (QED) is 0.813. The molecule has 0 N–H and O–H groups in total. The van der Waals surface area contributed by atoms with E-state index in [0.717, 1.165) is 22.6 Å². The average Bonchev–Trinajstić information content (AvgIpc) is 3.00. The van der Waals surface area contributed by atoms with E-state index in [-0.39, 0.29) is 12.7 Å².